The van der Waals surface area contributed by atoms with E-state index >= 15 is 0 Å². The van der Waals surface area contributed by atoms with E-state index in [-0.39, 0.29) is 0 Å². The van der Waals surface area contributed by atoms with Crippen molar-refractivity contribution in [1.82, 2.24) is 4.90 Å². The summed E-state index contributed by atoms with van der Waals surface area (Å²) in [4.78, 5) is 4.17. The van der Waals surface area contributed by atoms with Crippen LogP contribution in [-0.2, 0) is 0 Å². The summed E-state index contributed by atoms with van der Waals surface area (Å²) in [5, 5.41) is 0. The second-order valence-electron chi connectivity index (χ2n) is 5.21. The van der Waals surface area contributed by atoms with Crippen molar-refractivity contribution < 1.29 is 0 Å². The first kappa shape index (κ1) is 13.1. The molecule has 0 unspecified atom stereocenters. The van der Waals surface area contributed by atoms with Crippen molar-refractivity contribution in [2.24, 2.45) is 5.92 Å². The van der Waals surface area contributed by atoms with Crippen molar-refractivity contribution in [3.05, 3.63) is 22.3 Å². The van der Waals surface area contributed by atoms with Gasteiger partial charge in [-0.15, -0.1) is 11.8 Å². The lowest BCUT2D eigenvalue weighted by Gasteiger charge is -2.40. The standard InChI is InChI=1S/C15H25NS/c1-5-13-8-7-9-14(6-2)15(13)16-10-17-12(4)11(16)3/h8,14-15H,5-7,9-10H2,1-4H3/t14-,15+/m1/s1. The molecule has 0 bridgehead atoms. The second-order valence-corrected chi connectivity index (χ2v) is 6.37. The highest BCUT2D eigenvalue weighted by Gasteiger charge is 2.33. The predicted octanol–water partition coefficient (Wildman–Crippen LogP) is 4.77. The number of rotatable bonds is 3. The lowest BCUT2D eigenvalue weighted by atomic mass is 9.80. The van der Waals surface area contributed by atoms with Gasteiger partial charge in [0.05, 0.1) is 11.9 Å². The monoisotopic (exact) mass is 251 g/mol. The molecule has 0 saturated carbocycles. The zero-order chi connectivity index (χ0) is 12.4. The van der Waals surface area contributed by atoms with Gasteiger partial charge in [0.1, 0.15) is 0 Å². The lowest BCUT2D eigenvalue weighted by Crippen LogP contribution is -2.40. The van der Waals surface area contributed by atoms with Crippen LogP contribution in [0.3, 0.4) is 0 Å². The molecule has 1 nitrogen and oxygen atoms in total. The Morgan fingerprint density at radius 3 is 2.65 bits per heavy atom. The van der Waals surface area contributed by atoms with Crippen molar-refractivity contribution in [2.45, 2.75) is 59.4 Å². The first-order chi connectivity index (χ1) is 8.19. The van der Waals surface area contributed by atoms with Crippen LogP contribution in [0.25, 0.3) is 0 Å². The molecule has 0 aromatic heterocycles. The van der Waals surface area contributed by atoms with Gasteiger partial charge in [0.25, 0.3) is 0 Å². The second kappa shape index (κ2) is 5.51. The molecule has 0 fully saturated rings. The Morgan fingerprint density at radius 2 is 2.12 bits per heavy atom. The Kier molecular flexibility index (Phi) is 4.24. The Balaban J connectivity index is 2.26. The molecule has 0 amide bonds. The van der Waals surface area contributed by atoms with Crippen LogP contribution in [-0.4, -0.2) is 16.8 Å². The summed E-state index contributed by atoms with van der Waals surface area (Å²) in [6.07, 6.45) is 7.70. The molecular formula is C15H25NS. The summed E-state index contributed by atoms with van der Waals surface area (Å²) >= 11 is 2.01. The van der Waals surface area contributed by atoms with Gasteiger partial charge in [0.2, 0.25) is 0 Å². The minimum atomic E-state index is 0.684. The van der Waals surface area contributed by atoms with E-state index in [9.17, 15) is 0 Å². The molecular weight excluding hydrogens is 226 g/mol. The number of thioether (sulfide) groups is 1. The average Bonchev–Trinajstić information content (AvgIpc) is 2.69. The molecule has 17 heavy (non-hydrogen) atoms. The summed E-state index contributed by atoms with van der Waals surface area (Å²) in [7, 11) is 0. The van der Waals surface area contributed by atoms with Gasteiger partial charge < -0.3 is 4.90 Å². The number of allylic oxidation sites excluding steroid dienone is 3. The molecule has 1 aliphatic carbocycles. The van der Waals surface area contributed by atoms with Gasteiger partial charge in [-0.2, -0.15) is 0 Å². The maximum atomic E-state index is 2.66. The van der Waals surface area contributed by atoms with Gasteiger partial charge in [0, 0.05) is 10.6 Å². The molecule has 0 aromatic rings. The Bertz CT molecular complexity index is 343. The van der Waals surface area contributed by atoms with Crippen LogP contribution in [0.5, 0.6) is 0 Å². The average molecular weight is 251 g/mol. The quantitative estimate of drug-likeness (QED) is 0.665. The van der Waals surface area contributed by atoms with Crippen LogP contribution in [0, 0.1) is 5.92 Å². The summed E-state index contributed by atoms with van der Waals surface area (Å²) in [6, 6.07) is 0.684. The Hall–Kier alpha value is -0.370. The topological polar surface area (TPSA) is 3.24 Å². The van der Waals surface area contributed by atoms with Gasteiger partial charge in [-0.05, 0) is 39.0 Å². The molecule has 2 heteroatoms. The molecule has 2 aliphatic rings. The first-order valence-corrected chi connectivity index (χ1v) is 7.93. The number of nitrogens with zero attached hydrogens (tertiary/aromatic N) is 1. The van der Waals surface area contributed by atoms with Gasteiger partial charge in [0.15, 0.2) is 0 Å². The first-order valence-electron chi connectivity index (χ1n) is 6.94. The predicted molar refractivity (Wildman–Crippen MR) is 77.8 cm³/mol. The van der Waals surface area contributed by atoms with Gasteiger partial charge in [-0.1, -0.05) is 31.9 Å². The van der Waals surface area contributed by atoms with E-state index in [4.69, 9.17) is 0 Å². The minimum absolute atomic E-state index is 0.684. The maximum Gasteiger partial charge on any atom is 0.0686 e. The Labute approximate surface area is 110 Å². The lowest BCUT2D eigenvalue weighted by molar-refractivity contribution is 0.217. The van der Waals surface area contributed by atoms with E-state index in [2.05, 4.69) is 38.7 Å². The van der Waals surface area contributed by atoms with Gasteiger partial charge in [-0.25, -0.2) is 0 Å². The third-order valence-electron chi connectivity index (χ3n) is 4.40. The van der Waals surface area contributed by atoms with Crippen LogP contribution in [0.15, 0.2) is 22.3 Å². The molecule has 96 valence electrons. The molecule has 1 aliphatic heterocycles. The normalized spacial score (nSPS) is 29.9. The highest BCUT2D eigenvalue weighted by Crippen LogP contribution is 2.40. The van der Waals surface area contributed by atoms with Crippen LogP contribution in [0.4, 0.5) is 0 Å². The molecule has 2 atom stereocenters. The molecule has 0 aromatic carbocycles. The van der Waals surface area contributed by atoms with Crippen LogP contribution in [0.1, 0.15) is 53.4 Å². The van der Waals surface area contributed by atoms with E-state index < -0.39 is 0 Å². The van der Waals surface area contributed by atoms with Crippen LogP contribution < -0.4 is 0 Å². The molecule has 1 heterocycles. The van der Waals surface area contributed by atoms with E-state index in [1.165, 1.54) is 36.3 Å². The smallest absolute Gasteiger partial charge is 0.0686 e. The van der Waals surface area contributed by atoms with E-state index in [0.29, 0.717) is 6.04 Å². The summed E-state index contributed by atoms with van der Waals surface area (Å²) in [5.41, 5.74) is 3.19. The fraction of sp³-hybridized carbons (Fsp3) is 0.733. The Morgan fingerprint density at radius 1 is 1.35 bits per heavy atom. The third kappa shape index (κ3) is 2.42. The number of hydrogen-bond acceptors (Lipinski definition) is 2. The molecule has 0 radical (unpaired) electrons. The van der Waals surface area contributed by atoms with Crippen molar-refractivity contribution in [3.63, 3.8) is 0 Å². The van der Waals surface area contributed by atoms with Crippen molar-refractivity contribution in [3.8, 4) is 0 Å². The SMILES string of the molecule is CCC1=CCC[C@@H](CC)[C@H]1N1CSC(C)=C1C. The molecule has 0 N–H and O–H groups in total. The summed E-state index contributed by atoms with van der Waals surface area (Å²) < 4.78 is 0. The van der Waals surface area contributed by atoms with Crippen LogP contribution in [0.2, 0.25) is 0 Å². The number of hydrogen-bond donors (Lipinski definition) is 0. The molecule has 0 saturated heterocycles. The summed E-state index contributed by atoms with van der Waals surface area (Å²) in [5.74, 6) is 2.02. The van der Waals surface area contributed by atoms with E-state index in [0.717, 1.165) is 11.8 Å². The molecule has 2 rings (SSSR count). The third-order valence-corrected chi connectivity index (χ3v) is 5.53. The van der Waals surface area contributed by atoms with E-state index in [1.54, 1.807) is 5.57 Å². The van der Waals surface area contributed by atoms with Crippen molar-refractivity contribution >= 4 is 11.8 Å². The van der Waals surface area contributed by atoms with Crippen molar-refractivity contribution in [2.75, 3.05) is 5.88 Å². The highest BCUT2D eigenvalue weighted by atomic mass is 32.2. The zero-order valence-electron chi connectivity index (χ0n) is 11.6. The van der Waals surface area contributed by atoms with Crippen LogP contribution >= 0.6 is 11.8 Å². The van der Waals surface area contributed by atoms with Gasteiger partial charge >= 0.3 is 0 Å². The minimum Gasteiger partial charge on any atom is -0.358 e. The zero-order valence-corrected chi connectivity index (χ0v) is 12.4. The molecule has 0 spiro atoms. The maximum absolute atomic E-state index is 2.66. The van der Waals surface area contributed by atoms with E-state index in [1.807, 2.05) is 11.8 Å². The van der Waals surface area contributed by atoms with Crippen molar-refractivity contribution in [1.29, 1.82) is 0 Å². The fourth-order valence-electron chi connectivity index (χ4n) is 3.16. The summed E-state index contributed by atoms with van der Waals surface area (Å²) in [6.45, 7) is 9.22. The van der Waals surface area contributed by atoms with Gasteiger partial charge in [-0.3, -0.25) is 0 Å². The fourth-order valence-corrected chi connectivity index (χ4v) is 4.17. The highest BCUT2D eigenvalue weighted by molar-refractivity contribution is 8.03. The largest absolute Gasteiger partial charge is 0.358 e.